The van der Waals surface area contributed by atoms with E-state index >= 15 is 0 Å². The number of nitrogens with one attached hydrogen (secondary N) is 2. The minimum atomic E-state index is -0.197. The third-order valence-corrected chi connectivity index (χ3v) is 3.56. The first-order valence-electron chi connectivity index (χ1n) is 8.02. The summed E-state index contributed by atoms with van der Waals surface area (Å²) in [5.74, 6) is 0.809. The van der Waals surface area contributed by atoms with Gasteiger partial charge in [0.05, 0.1) is 6.54 Å². The van der Waals surface area contributed by atoms with Crippen LogP contribution in [0.4, 0.5) is 10.5 Å². The number of carbonyl (C=O) groups excluding carboxylic acids is 1. The summed E-state index contributed by atoms with van der Waals surface area (Å²) >= 11 is 0. The summed E-state index contributed by atoms with van der Waals surface area (Å²) in [6.07, 6.45) is 0. The number of urea groups is 1. The second-order valence-electron chi connectivity index (χ2n) is 5.84. The molecule has 2 N–H and O–H groups in total. The molecule has 2 aromatic rings. The van der Waals surface area contributed by atoms with Crippen molar-refractivity contribution in [2.45, 2.75) is 13.5 Å². The molecule has 0 unspecified atom stereocenters. The highest BCUT2D eigenvalue weighted by Crippen LogP contribution is 2.13. The minimum Gasteiger partial charge on any atom is -0.492 e. The zero-order chi connectivity index (χ0) is 17.4. The van der Waals surface area contributed by atoms with E-state index in [0.717, 1.165) is 17.0 Å². The summed E-state index contributed by atoms with van der Waals surface area (Å²) in [6, 6.07) is 15.7. The van der Waals surface area contributed by atoms with E-state index in [0.29, 0.717) is 19.7 Å². The second-order valence-corrected chi connectivity index (χ2v) is 5.84. The van der Waals surface area contributed by atoms with Gasteiger partial charge in [0.15, 0.2) is 0 Å². The van der Waals surface area contributed by atoms with Gasteiger partial charge in [-0.25, -0.2) is 4.79 Å². The van der Waals surface area contributed by atoms with E-state index in [1.165, 1.54) is 5.56 Å². The molecule has 5 nitrogen and oxygen atoms in total. The van der Waals surface area contributed by atoms with E-state index in [9.17, 15) is 4.79 Å². The van der Waals surface area contributed by atoms with E-state index < -0.39 is 0 Å². The number of ether oxygens (including phenoxy) is 1. The van der Waals surface area contributed by atoms with E-state index in [1.807, 2.05) is 68.4 Å². The number of hydrogen-bond acceptors (Lipinski definition) is 3. The molecular formula is C19H25N3O2. The number of anilines is 1. The molecule has 128 valence electrons. The fourth-order valence-electron chi connectivity index (χ4n) is 2.16. The highest BCUT2D eigenvalue weighted by molar-refractivity contribution is 5.73. The van der Waals surface area contributed by atoms with E-state index in [-0.39, 0.29) is 6.03 Å². The molecule has 0 atom stereocenters. The Balaban J connectivity index is 1.66. The van der Waals surface area contributed by atoms with Crippen LogP contribution in [0.15, 0.2) is 48.5 Å². The van der Waals surface area contributed by atoms with Gasteiger partial charge in [-0.1, -0.05) is 29.8 Å². The highest BCUT2D eigenvalue weighted by Gasteiger charge is 2.02. The smallest absolute Gasteiger partial charge is 0.315 e. The molecule has 24 heavy (non-hydrogen) atoms. The van der Waals surface area contributed by atoms with Crippen LogP contribution in [-0.2, 0) is 6.54 Å². The van der Waals surface area contributed by atoms with Crippen molar-refractivity contribution in [1.82, 2.24) is 10.6 Å². The molecule has 2 aromatic carbocycles. The average Bonchev–Trinajstić information content (AvgIpc) is 2.58. The van der Waals surface area contributed by atoms with Gasteiger partial charge >= 0.3 is 6.03 Å². The van der Waals surface area contributed by atoms with Crippen molar-refractivity contribution < 1.29 is 9.53 Å². The Hall–Kier alpha value is -2.69. The van der Waals surface area contributed by atoms with Crippen molar-refractivity contribution in [3.8, 4) is 5.75 Å². The van der Waals surface area contributed by atoms with Gasteiger partial charge < -0.3 is 20.3 Å². The third kappa shape index (κ3) is 5.83. The van der Waals surface area contributed by atoms with Gasteiger partial charge in [0.2, 0.25) is 0 Å². The van der Waals surface area contributed by atoms with Crippen molar-refractivity contribution in [3.05, 3.63) is 59.7 Å². The van der Waals surface area contributed by atoms with Crippen LogP contribution in [0.5, 0.6) is 5.75 Å². The second kappa shape index (κ2) is 8.82. The van der Waals surface area contributed by atoms with Crippen molar-refractivity contribution in [3.63, 3.8) is 0 Å². The van der Waals surface area contributed by atoms with Gasteiger partial charge in [0.1, 0.15) is 12.4 Å². The van der Waals surface area contributed by atoms with E-state index in [1.54, 1.807) is 0 Å². The summed E-state index contributed by atoms with van der Waals surface area (Å²) < 4.78 is 5.57. The number of rotatable bonds is 7. The topological polar surface area (TPSA) is 53.6 Å². The molecule has 0 fully saturated rings. The number of benzene rings is 2. The van der Waals surface area contributed by atoms with Crippen molar-refractivity contribution in [2.24, 2.45) is 0 Å². The Kier molecular flexibility index (Phi) is 6.49. The Morgan fingerprint density at radius 1 is 1.08 bits per heavy atom. The van der Waals surface area contributed by atoms with Crippen molar-refractivity contribution in [1.29, 1.82) is 0 Å². The summed E-state index contributed by atoms with van der Waals surface area (Å²) in [4.78, 5) is 13.8. The maximum Gasteiger partial charge on any atom is 0.315 e. The molecule has 0 bridgehead atoms. The van der Waals surface area contributed by atoms with Crippen LogP contribution >= 0.6 is 0 Å². The average molecular weight is 327 g/mol. The van der Waals surface area contributed by atoms with Gasteiger partial charge in [0.25, 0.3) is 0 Å². The number of hydrogen-bond donors (Lipinski definition) is 2. The SMILES string of the molecule is Cc1ccc(OCCNC(=O)NCc2cccc(N(C)C)c2)cc1. The Morgan fingerprint density at radius 3 is 2.54 bits per heavy atom. The first-order chi connectivity index (χ1) is 11.5. The molecule has 0 aliphatic rings. The van der Waals surface area contributed by atoms with Crippen molar-refractivity contribution in [2.75, 3.05) is 32.1 Å². The molecule has 2 rings (SSSR count). The van der Waals surface area contributed by atoms with Gasteiger partial charge in [-0.15, -0.1) is 0 Å². The number of carbonyl (C=O) groups is 1. The molecule has 0 saturated heterocycles. The van der Waals surface area contributed by atoms with E-state index in [4.69, 9.17) is 4.74 Å². The number of nitrogens with zero attached hydrogens (tertiary/aromatic N) is 1. The van der Waals surface area contributed by atoms with E-state index in [2.05, 4.69) is 16.7 Å². The monoisotopic (exact) mass is 327 g/mol. The Labute approximate surface area is 143 Å². The van der Waals surface area contributed by atoms with Gasteiger partial charge in [-0.2, -0.15) is 0 Å². The summed E-state index contributed by atoms with van der Waals surface area (Å²) in [5, 5.41) is 5.63. The quantitative estimate of drug-likeness (QED) is 0.769. The summed E-state index contributed by atoms with van der Waals surface area (Å²) in [5.41, 5.74) is 3.37. The fraction of sp³-hybridized carbons (Fsp3) is 0.316. The molecular weight excluding hydrogens is 302 g/mol. The van der Waals surface area contributed by atoms with Crippen LogP contribution in [0.25, 0.3) is 0 Å². The van der Waals surface area contributed by atoms with Crippen LogP contribution < -0.4 is 20.3 Å². The normalized spacial score (nSPS) is 10.1. The van der Waals surface area contributed by atoms with Crippen LogP contribution in [0.1, 0.15) is 11.1 Å². The standard InChI is InChI=1S/C19H25N3O2/c1-15-7-9-18(10-8-15)24-12-11-20-19(23)21-14-16-5-4-6-17(13-16)22(2)3/h4-10,13H,11-12,14H2,1-3H3,(H2,20,21,23). The van der Waals surface area contributed by atoms with Crippen LogP contribution in [0, 0.1) is 6.92 Å². The minimum absolute atomic E-state index is 0.197. The lowest BCUT2D eigenvalue weighted by atomic mass is 10.2. The zero-order valence-electron chi connectivity index (χ0n) is 14.5. The highest BCUT2D eigenvalue weighted by atomic mass is 16.5. The first-order valence-corrected chi connectivity index (χ1v) is 8.02. The van der Waals surface area contributed by atoms with Crippen LogP contribution in [-0.4, -0.2) is 33.3 Å². The molecule has 0 spiro atoms. The largest absolute Gasteiger partial charge is 0.492 e. The van der Waals surface area contributed by atoms with Crippen LogP contribution in [0.3, 0.4) is 0 Å². The van der Waals surface area contributed by atoms with Gasteiger partial charge in [0, 0.05) is 26.3 Å². The number of aryl methyl sites for hydroxylation is 1. The predicted octanol–water partition coefficient (Wildman–Crippen LogP) is 2.94. The molecule has 0 aliphatic carbocycles. The Morgan fingerprint density at radius 2 is 1.83 bits per heavy atom. The molecule has 0 heterocycles. The summed E-state index contributed by atoms with van der Waals surface area (Å²) in [6.45, 7) is 3.42. The molecule has 5 heteroatoms. The maximum atomic E-state index is 11.8. The van der Waals surface area contributed by atoms with Gasteiger partial charge in [-0.3, -0.25) is 0 Å². The molecule has 0 radical (unpaired) electrons. The van der Waals surface area contributed by atoms with Crippen LogP contribution in [0.2, 0.25) is 0 Å². The summed E-state index contributed by atoms with van der Waals surface area (Å²) in [7, 11) is 3.99. The Bertz CT molecular complexity index is 654. The number of amides is 2. The lowest BCUT2D eigenvalue weighted by Crippen LogP contribution is -2.37. The van der Waals surface area contributed by atoms with Crippen molar-refractivity contribution >= 4 is 11.7 Å². The predicted molar refractivity (Wildman–Crippen MR) is 97.7 cm³/mol. The third-order valence-electron chi connectivity index (χ3n) is 3.56. The maximum absolute atomic E-state index is 11.8. The lowest BCUT2D eigenvalue weighted by molar-refractivity contribution is 0.236. The van der Waals surface area contributed by atoms with Gasteiger partial charge in [-0.05, 0) is 36.8 Å². The molecule has 0 aromatic heterocycles. The first kappa shape index (κ1) is 17.7. The fourth-order valence-corrected chi connectivity index (χ4v) is 2.16. The molecule has 0 aliphatic heterocycles. The molecule has 0 saturated carbocycles. The zero-order valence-corrected chi connectivity index (χ0v) is 14.5. The lowest BCUT2D eigenvalue weighted by Gasteiger charge is -2.14. The molecule has 2 amide bonds.